The lowest BCUT2D eigenvalue weighted by atomic mass is 10.2. The summed E-state index contributed by atoms with van der Waals surface area (Å²) in [5.74, 6) is -0.950. The molecule has 0 aliphatic heterocycles. The Hall–Kier alpha value is -3.79. The van der Waals surface area contributed by atoms with Crippen LogP contribution >= 0.6 is 0 Å². The highest BCUT2D eigenvalue weighted by molar-refractivity contribution is 5.96. The van der Waals surface area contributed by atoms with Crippen LogP contribution in [0.2, 0.25) is 0 Å². The van der Waals surface area contributed by atoms with Gasteiger partial charge in [0.2, 0.25) is 0 Å². The Morgan fingerprint density at radius 1 is 1.26 bits per heavy atom. The number of rotatable bonds is 6. The molecule has 2 aromatic carbocycles. The zero-order valence-electron chi connectivity index (χ0n) is 14.8. The Bertz CT molecular complexity index is 915. The summed E-state index contributed by atoms with van der Waals surface area (Å²) in [4.78, 5) is 24.0. The lowest BCUT2D eigenvalue weighted by Crippen LogP contribution is -2.29. The van der Waals surface area contributed by atoms with E-state index in [0.29, 0.717) is 16.8 Å². The minimum absolute atomic E-state index is 0.0111. The molecule has 0 aliphatic carbocycles. The van der Waals surface area contributed by atoms with E-state index in [9.17, 15) is 14.7 Å². The number of anilines is 1. The summed E-state index contributed by atoms with van der Waals surface area (Å²) < 4.78 is 10.0. The number of nitrogens with one attached hydrogen (secondary N) is 1. The maximum Gasteiger partial charge on any atom is 0.331 e. The molecule has 27 heavy (non-hydrogen) atoms. The normalized spacial score (nSPS) is 11.4. The molecule has 0 fully saturated rings. The van der Waals surface area contributed by atoms with Crippen molar-refractivity contribution in [2.75, 3.05) is 12.4 Å². The third kappa shape index (κ3) is 5.61. The van der Waals surface area contributed by atoms with Crippen LogP contribution in [0.25, 0.3) is 6.08 Å². The summed E-state index contributed by atoms with van der Waals surface area (Å²) in [5.41, 5.74) is 1.46. The maximum atomic E-state index is 12.1. The number of phenolic OH excluding ortho intramolecular Hbond substituents is 1. The summed E-state index contributed by atoms with van der Waals surface area (Å²) in [6, 6.07) is 13.0. The lowest BCUT2D eigenvalue weighted by molar-refractivity contribution is -0.148. The fourth-order valence-corrected chi connectivity index (χ4v) is 2.14. The number of ether oxygens (including phenoxy) is 2. The molecule has 0 aliphatic rings. The zero-order chi connectivity index (χ0) is 19.8. The molecule has 1 amide bonds. The van der Waals surface area contributed by atoms with Crippen molar-refractivity contribution in [3.05, 3.63) is 59.7 Å². The van der Waals surface area contributed by atoms with E-state index in [1.54, 1.807) is 30.3 Å². The van der Waals surface area contributed by atoms with Crippen molar-refractivity contribution in [3.63, 3.8) is 0 Å². The van der Waals surface area contributed by atoms with Crippen LogP contribution in [-0.2, 0) is 14.3 Å². The van der Waals surface area contributed by atoms with Crippen molar-refractivity contribution in [2.24, 2.45) is 0 Å². The number of nitriles is 1. The van der Waals surface area contributed by atoms with E-state index >= 15 is 0 Å². The van der Waals surface area contributed by atoms with E-state index in [0.717, 1.165) is 0 Å². The molecule has 7 heteroatoms. The number of nitrogens with zero attached hydrogens (tertiary/aromatic N) is 1. The van der Waals surface area contributed by atoms with Crippen LogP contribution in [0.3, 0.4) is 0 Å². The topological polar surface area (TPSA) is 109 Å². The minimum Gasteiger partial charge on any atom is -0.504 e. The molecule has 2 aromatic rings. The van der Waals surface area contributed by atoms with Gasteiger partial charge in [0.05, 0.1) is 18.7 Å². The smallest absolute Gasteiger partial charge is 0.331 e. The molecule has 1 atom stereocenters. The summed E-state index contributed by atoms with van der Waals surface area (Å²) in [5, 5.41) is 21.0. The van der Waals surface area contributed by atoms with Gasteiger partial charge in [-0.25, -0.2) is 4.79 Å². The molecule has 138 valence electrons. The number of amides is 1. The Morgan fingerprint density at radius 2 is 2.04 bits per heavy atom. The van der Waals surface area contributed by atoms with Crippen molar-refractivity contribution in [2.45, 2.75) is 13.0 Å². The summed E-state index contributed by atoms with van der Waals surface area (Å²) in [7, 11) is 1.42. The third-order valence-corrected chi connectivity index (χ3v) is 3.54. The fraction of sp³-hybridized carbons (Fsp3) is 0.150. The third-order valence-electron chi connectivity index (χ3n) is 3.54. The Labute approximate surface area is 156 Å². The van der Waals surface area contributed by atoms with Crippen molar-refractivity contribution in [1.29, 1.82) is 5.26 Å². The molecule has 0 saturated carbocycles. The maximum absolute atomic E-state index is 12.1. The number of phenols is 1. The number of hydrogen-bond acceptors (Lipinski definition) is 6. The number of methoxy groups -OCH3 is 1. The monoisotopic (exact) mass is 366 g/mol. The van der Waals surface area contributed by atoms with Gasteiger partial charge in [0.15, 0.2) is 17.6 Å². The first-order chi connectivity index (χ1) is 12.9. The van der Waals surface area contributed by atoms with Crippen LogP contribution in [0.4, 0.5) is 5.69 Å². The molecule has 7 nitrogen and oxygen atoms in total. The van der Waals surface area contributed by atoms with Crippen LogP contribution in [-0.4, -0.2) is 30.2 Å². The van der Waals surface area contributed by atoms with Gasteiger partial charge < -0.3 is 19.9 Å². The van der Waals surface area contributed by atoms with Crippen molar-refractivity contribution in [3.8, 4) is 17.6 Å². The molecule has 0 bridgehead atoms. The van der Waals surface area contributed by atoms with Crippen molar-refractivity contribution in [1.82, 2.24) is 0 Å². The average Bonchev–Trinajstić information content (AvgIpc) is 2.67. The summed E-state index contributed by atoms with van der Waals surface area (Å²) in [6.45, 7) is 1.44. The second-order valence-electron chi connectivity index (χ2n) is 5.53. The second kappa shape index (κ2) is 9.06. The molecular formula is C20H18N2O5. The van der Waals surface area contributed by atoms with Gasteiger partial charge in [-0.1, -0.05) is 12.1 Å². The number of hydrogen-bond donors (Lipinski definition) is 2. The molecule has 0 heterocycles. The molecule has 0 spiro atoms. The minimum atomic E-state index is -1.03. The van der Waals surface area contributed by atoms with Crippen LogP contribution in [0.5, 0.6) is 11.5 Å². The predicted molar refractivity (Wildman–Crippen MR) is 99.0 cm³/mol. The summed E-state index contributed by atoms with van der Waals surface area (Å²) in [6.07, 6.45) is 1.62. The average molecular weight is 366 g/mol. The van der Waals surface area contributed by atoms with E-state index in [2.05, 4.69) is 5.32 Å². The highest BCUT2D eigenvalue weighted by Crippen LogP contribution is 2.26. The quantitative estimate of drug-likeness (QED) is 0.601. The molecule has 2 rings (SSSR count). The van der Waals surface area contributed by atoms with Gasteiger partial charge >= 0.3 is 5.97 Å². The first-order valence-corrected chi connectivity index (χ1v) is 7.99. The Morgan fingerprint density at radius 3 is 2.74 bits per heavy atom. The number of esters is 1. The van der Waals surface area contributed by atoms with Gasteiger partial charge in [-0.05, 0) is 48.9 Å². The number of aromatic hydroxyl groups is 1. The van der Waals surface area contributed by atoms with Gasteiger partial charge in [0.1, 0.15) is 0 Å². The van der Waals surface area contributed by atoms with Gasteiger partial charge in [-0.15, -0.1) is 0 Å². The second-order valence-corrected chi connectivity index (χ2v) is 5.53. The molecule has 1 unspecified atom stereocenters. The van der Waals surface area contributed by atoms with Crippen molar-refractivity contribution >= 4 is 23.6 Å². The number of carbonyl (C=O) groups excluding carboxylic acids is 2. The highest BCUT2D eigenvalue weighted by atomic mass is 16.5. The standard InChI is InChI=1S/C20H18N2O5/c1-13(20(25)22-16-5-3-4-15(10-16)12-21)27-19(24)9-7-14-6-8-17(23)18(11-14)26-2/h3-11,13,23H,1-2H3,(H,22,25)/b9-7+. The first-order valence-electron chi connectivity index (χ1n) is 7.99. The number of carbonyl (C=O) groups is 2. The van der Waals surface area contributed by atoms with E-state index in [1.807, 2.05) is 6.07 Å². The molecular weight excluding hydrogens is 348 g/mol. The largest absolute Gasteiger partial charge is 0.504 e. The van der Waals surface area contributed by atoms with Crippen LogP contribution in [0.1, 0.15) is 18.1 Å². The zero-order valence-corrected chi connectivity index (χ0v) is 14.8. The summed E-state index contributed by atoms with van der Waals surface area (Å²) >= 11 is 0. The SMILES string of the molecule is COc1cc(/C=C/C(=O)OC(C)C(=O)Nc2cccc(C#N)c2)ccc1O. The van der Waals surface area contributed by atoms with Crippen LogP contribution in [0, 0.1) is 11.3 Å². The first kappa shape index (κ1) is 19.5. The molecule has 0 saturated heterocycles. The van der Waals surface area contributed by atoms with Crippen LogP contribution in [0.15, 0.2) is 48.5 Å². The number of benzene rings is 2. The van der Waals surface area contributed by atoms with Crippen molar-refractivity contribution < 1.29 is 24.2 Å². The van der Waals surface area contributed by atoms with E-state index in [4.69, 9.17) is 14.7 Å². The van der Waals surface area contributed by atoms with Gasteiger partial charge in [-0.2, -0.15) is 5.26 Å². The fourth-order valence-electron chi connectivity index (χ4n) is 2.14. The molecule has 0 radical (unpaired) electrons. The van der Waals surface area contributed by atoms with Gasteiger partial charge in [0.25, 0.3) is 5.91 Å². The Balaban J connectivity index is 1.94. The van der Waals surface area contributed by atoms with E-state index in [-0.39, 0.29) is 11.5 Å². The Kier molecular flexibility index (Phi) is 6.55. The molecule has 2 N–H and O–H groups in total. The highest BCUT2D eigenvalue weighted by Gasteiger charge is 2.16. The van der Waals surface area contributed by atoms with Crippen LogP contribution < -0.4 is 10.1 Å². The van der Waals surface area contributed by atoms with E-state index < -0.39 is 18.0 Å². The van der Waals surface area contributed by atoms with Gasteiger partial charge in [-0.3, -0.25) is 4.79 Å². The molecule has 0 aromatic heterocycles. The van der Waals surface area contributed by atoms with E-state index in [1.165, 1.54) is 38.3 Å². The lowest BCUT2D eigenvalue weighted by Gasteiger charge is -2.12. The van der Waals surface area contributed by atoms with Gasteiger partial charge in [0, 0.05) is 11.8 Å². The predicted octanol–water partition coefficient (Wildman–Crippen LogP) is 2.86.